The highest BCUT2D eigenvalue weighted by molar-refractivity contribution is 5.75. The minimum Gasteiger partial charge on any atom is -0.481 e. The van der Waals surface area contributed by atoms with Crippen molar-refractivity contribution in [3.63, 3.8) is 0 Å². The van der Waals surface area contributed by atoms with Crippen LogP contribution in [0.4, 0.5) is 4.79 Å². The minimum absolute atomic E-state index is 0.162. The van der Waals surface area contributed by atoms with Crippen LogP contribution in [0, 0.1) is 5.92 Å². The molecule has 1 aliphatic carbocycles. The highest BCUT2D eigenvalue weighted by atomic mass is 16.6. The van der Waals surface area contributed by atoms with Crippen LogP contribution in [0.5, 0.6) is 0 Å². The first-order valence-corrected chi connectivity index (χ1v) is 5.11. The van der Waals surface area contributed by atoms with Crippen molar-refractivity contribution >= 4 is 12.1 Å². The van der Waals surface area contributed by atoms with E-state index in [0.717, 1.165) is 0 Å². The molecule has 16 heavy (non-hydrogen) atoms. The smallest absolute Gasteiger partial charge is 0.407 e. The normalized spacial score (nSPS) is 29.1. The molecule has 1 saturated carbocycles. The number of carboxylic acids is 1. The van der Waals surface area contributed by atoms with E-state index in [2.05, 4.69) is 5.32 Å². The van der Waals surface area contributed by atoms with Gasteiger partial charge in [-0.3, -0.25) is 4.79 Å². The third-order valence-electron chi connectivity index (χ3n) is 2.34. The number of nitrogens with one attached hydrogen (secondary N) is 1. The number of aliphatic hydroxyl groups is 1. The Hall–Kier alpha value is -1.30. The maximum Gasteiger partial charge on any atom is 0.407 e. The molecule has 1 fully saturated rings. The van der Waals surface area contributed by atoms with E-state index < -0.39 is 35.7 Å². The van der Waals surface area contributed by atoms with Crippen LogP contribution >= 0.6 is 0 Å². The van der Waals surface area contributed by atoms with Crippen molar-refractivity contribution in [3.8, 4) is 0 Å². The first-order chi connectivity index (χ1) is 7.20. The molecule has 6 nitrogen and oxygen atoms in total. The van der Waals surface area contributed by atoms with E-state index in [9.17, 15) is 14.7 Å². The molecule has 1 aliphatic rings. The molecule has 6 heteroatoms. The number of carboxylic acid groups (broad SMARTS) is 1. The van der Waals surface area contributed by atoms with Crippen LogP contribution in [0.3, 0.4) is 0 Å². The summed E-state index contributed by atoms with van der Waals surface area (Å²) in [5, 5.41) is 20.5. The summed E-state index contributed by atoms with van der Waals surface area (Å²) in [6.45, 7) is 5.12. The van der Waals surface area contributed by atoms with Gasteiger partial charge in [0.15, 0.2) is 0 Å². The molecule has 0 unspecified atom stereocenters. The van der Waals surface area contributed by atoms with Gasteiger partial charge in [-0.05, 0) is 27.2 Å². The molecule has 0 bridgehead atoms. The Morgan fingerprint density at radius 3 is 2.31 bits per heavy atom. The van der Waals surface area contributed by atoms with Crippen LogP contribution < -0.4 is 5.32 Å². The molecule has 0 heterocycles. The summed E-state index contributed by atoms with van der Waals surface area (Å²) in [4.78, 5) is 22.0. The molecule has 0 aromatic rings. The molecule has 3 atom stereocenters. The van der Waals surface area contributed by atoms with Crippen LogP contribution in [0.25, 0.3) is 0 Å². The zero-order valence-electron chi connectivity index (χ0n) is 9.56. The SMILES string of the molecule is CC(C)(C)OC(=O)N[C@@H]1[C@H](O)C[C@@H]1C(=O)O. The fraction of sp³-hybridized carbons (Fsp3) is 0.800. The molecule has 0 radical (unpaired) electrons. The Morgan fingerprint density at radius 1 is 1.38 bits per heavy atom. The van der Waals surface area contributed by atoms with E-state index in [4.69, 9.17) is 9.84 Å². The van der Waals surface area contributed by atoms with Gasteiger partial charge < -0.3 is 20.3 Å². The maximum absolute atomic E-state index is 11.3. The lowest BCUT2D eigenvalue weighted by Gasteiger charge is -2.39. The topological polar surface area (TPSA) is 95.9 Å². The van der Waals surface area contributed by atoms with Crippen molar-refractivity contribution in [3.05, 3.63) is 0 Å². The molecule has 0 aromatic heterocycles. The summed E-state index contributed by atoms with van der Waals surface area (Å²) in [6.07, 6.45) is -1.35. The van der Waals surface area contributed by atoms with Gasteiger partial charge in [-0.25, -0.2) is 4.79 Å². The monoisotopic (exact) mass is 231 g/mol. The van der Waals surface area contributed by atoms with Crippen molar-refractivity contribution in [2.75, 3.05) is 0 Å². The highest BCUT2D eigenvalue weighted by Gasteiger charge is 2.46. The van der Waals surface area contributed by atoms with Gasteiger partial charge in [-0.2, -0.15) is 0 Å². The van der Waals surface area contributed by atoms with Crippen LogP contribution in [-0.2, 0) is 9.53 Å². The second-order valence-corrected chi connectivity index (χ2v) is 4.92. The molecule has 1 rings (SSSR count). The average Bonchev–Trinajstić information content (AvgIpc) is 2.07. The summed E-state index contributed by atoms with van der Waals surface area (Å²) in [5.74, 6) is -1.76. The largest absolute Gasteiger partial charge is 0.481 e. The zero-order chi connectivity index (χ0) is 12.5. The fourth-order valence-electron chi connectivity index (χ4n) is 1.52. The van der Waals surface area contributed by atoms with Crippen molar-refractivity contribution in [2.24, 2.45) is 5.92 Å². The van der Waals surface area contributed by atoms with Crippen LogP contribution in [0.2, 0.25) is 0 Å². The van der Waals surface area contributed by atoms with Crippen molar-refractivity contribution in [1.29, 1.82) is 0 Å². The zero-order valence-corrected chi connectivity index (χ0v) is 9.56. The lowest BCUT2D eigenvalue weighted by molar-refractivity contribution is -0.151. The third kappa shape index (κ3) is 3.10. The Kier molecular flexibility index (Phi) is 3.42. The summed E-state index contributed by atoms with van der Waals surface area (Å²) < 4.78 is 4.97. The number of alkyl carbamates (subject to hydrolysis) is 1. The van der Waals surface area contributed by atoms with Crippen molar-refractivity contribution in [1.82, 2.24) is 5.32 Å². The number of carbonyl (C=O) groups is 2. The second-order valence-electron chi connectivity index (χ2n) is 4.92. The number of amides is 1. The standard InChI is InChI=1S/C10H17NO5/c1-10(2,3)16-9(15)11-7-5(8(13)14)4-6(7)12/h5-7,12H,4H2,1-3H3,(H,11,15)(H,13,14)/t5-,6+,7-/m0/s1. The predicted octanol–water partition coefficient (Wildman–Crippen LogP) is 0.345. The van der Waals surface area contributed by atoms with Gasteiger partial charge in [0.25, 0.3) is 0 Å². The quantitative estimate of drug-likeness (QED) is 0.637. The van der Waals surface area contributed by atoms with Crippen molar-refractivity contribution < 1.29 is 24.5 Å². The van der Waals surface area contributed by atoms with Gasteiger partial charge in [0.05, 0.1) is 18.1 Å². The first-order valence-electron chi connectivity index (χ1n) is 5.11. The Balaban J connectivity index is 2.47. The van der Waals surface area contributed by atoms with Gasteiger partial charge in [0, 0.05) is 0 Å². The lowest BCUT2D eigenvalue weighted by Crippen LogP contribution is -2.60. The minimum atomic E-state index is -1.02. The number of hydrogen-bond donors (Lipinski definition) is 3. The van der Waals surface area contributed by atoms with Crippen LogP contribution in [0.15, 0.2) is 0 Å². The molecule has 0 aliphatic heterocycles. The maximum atomic E-state index is 11.3. The molecule has 0 spiro atoms. The van der Waals surface area contributed by atoms with E-state index in [1.807, 2.05) is 0 Å². The molecule has 3 N–H and O–H groups in total. The highest BCUT2D eigenvalue weighted by Crippen LogP contribution is 2.28. The van der Waals surface area contributed by atoms with E-state index in [-0.39, 0.29) is 6.42 Å². The summed E-state index contributed by atoms with van der Waals surface area (Å²) >= 11 is 0. The molecule has 1 amide bonds. The lowest BCUT2D eigenvalue weighted by atomic mass is 9.77. The Morgan fingerprint density at radius 2 is 1.94 bits per heavy atom. The van der Waals surface area contributed by atoms with Crippen LogP contribution in [-0.4, -0.2) is 40.0 Å². The van der Waals surface area contributed by atoms with E-state index >= 15 is 0 Å². The van der Waals surface area contributed by atoms with E-state index in [0.29, 0.717) is 0 Å². The number of aliphatic carboxylic acids is 1. The predicted molar refractivity (Wildman–Crippen MR) is 54.9 cm³/mol. The van der Waals surface area contributed by atoms with Gasteiger partial charge >= 0.3 is 12.1 Å². The van der Waals surface area contributed by atoms with E-state index in [1.54, 1.807) is 20.8 Å². The second kappa shape index (κ2) is 4.29. The molecular formula is C10H17NO5. The van der Waals surface area contributed by atoms with Crippen LogP contribution in [0.1, 0.15) is 27.2 Å². The number of rotatable bonds is 2. The summed E-state index contributed by atoms with van der Waals surface area (Å²) in [6, 6.07) is -0.757. The van der Waals surface area contributed by atoms with Crippen molar-refractivity contribution in [2.45, 2.75) is 44.9 Å². The molecule has 0 aromatic carbocycles. The Bertz CT molecular complexity index is 296. The molecule has 92 valence electrons. The average molecular weight is 231 g/mol. The molecular weight excluding hydrogens is 214 g/mol. The Labute approximate surface area is 93.6 Å². The number of hydrogen-bond acceptors (Lipinski definition) is 4. The molecule has 0 saturated heterocycles. The van der Waals surface area contributed by atoms with Gasteiger partial charge in [-0.15, -0.1) is 0 Å². The first kappa shape index (κ1) is 12.8. The van der Waals surface area contributed by atoms with Gasteiger partial charge in [0.2, 0.25) is 0 Å². The van der Waals surface area contributed by atoms with Gasteiger partial charge in [-0.1, -0.05) is 0 Å². The number of carbonyl (C=O) groups excluding carboxylic acids is 1. The summed E-state index contributed by atoms with van der Waals surface area (Å²) in [5.41, 5.74) is -0.641. The third-order valence-corrected chi connectivity index (χ3v) is 2.34. The number of ether oxygens (including phenoxy) is 1. The fourth-order valence-corrected chi connectivity index (χ4v) is 1.52. The van der Waals surface area contributed by atoms with E-state index in [1.165, 1.54) is 0 Å². The number of aliphatic hydroxyl groups excluding tert-OH is 1. The van der Waals surface area contributed by atoms with Gasteiger partial charge in [0.1, 0.15) is 5.60 Å². The summed E-state index contributed by atoms with van der Waals surface area (Å²) in [7, 11) is 0.